The summed E-state index contributed by atoms with van der Waals surface area (Å²) < 4.78 is 1.49. The van der Waals surface area contributed by atoms with Crippen LogP contribution in [0.5, 0.6) is 0 Å². The zero-order valence-electron chi connectivity index (χ0n) is 10.2. The quantitative estimate of drug-likeness (QED) is 0.874. The van der Waals surface area contributed by atoms with Crippen LogP contribution in [0, 0.1) is 0 Å². The molecule has 1 aliphatic rings. The van der Waals surface area contributed by atoms with Crippen LogP contribution in [0.4, 0.5) is 0 Å². The lowest BCUT2D eigenvalue weighted by Gasteiger charge is -2.21. The molecule has 1 amide bonds. The van der Waals surface area contributed by atoms with E-state index in [0.29, 0.717) is 11.0 Å². The van der Waals surface area contributed by atoms with Crippen molar-refractivity contribution in [3.63, 3.8) is 0 Å². The molecule has 0 saturated heterocycles. The van der Waals surface area contributed by atoms with Gasteiger partial charge in [-0.1, -0.05) is 42.1 Å². The third-order valence-electron chi connectivity index (χ3n) is 2.79. The van der Waals surface area contributed by atoms with Crippen molar-refractivity contribution in [2.75, 3.05) is 5.43 Å². The van der Waals surface area contributed by atoms with Gasteiger partial charge in [-0.25, -0.2) is 4.68 Å². The van der Waals surface area contributed by atoms with Gasteiger partial charge in [0.05, 0.1) is 6.42 Å². The van der Waals surface area contributed by atoms with Crippen LogP contribution in [-0.2, 0) is 9.59 Å². The van der Waals surface area contributed by atoms with Crippen molar-refractivity contribution >= 4 is 23.6 Å². The molecule has 1 atom stereocenters. The Bertz CT molecular complexity index is 671. The maximum Gasteiger partial charge on any atom is 0.305 e. The first-order chi connectivity index (χ1) is 9.65. The molecule has 2 aromatic rings. The summed E-state index contributed by atoms with van der Waals surface area (Å²) in [5.74, 6) is -0.856. The molecule has 0 fully saturated rings. The van der Waals surface area contributed by atoms with Crippen molar-refractivity contribution in [3.05, 3.63) is 30.3 Å². The van der Waals surface area contributed by atoms with E-state index in [1.54, 1.807) is 0 Å². The van der Waals surface area contributed by atoms with Gasteiger partial charge >= 0.3 is 5.97 Å². The van der Waals surface area contributed by atoms with Gasteiger partial charge in [-0.05, 0) is 0 Å². The van der Waals surface area contributed by atoms with Crippen molar-refractivity contribution in [1.29, 1.82) is 0 Å². The molecule has 1 aliphatic heterocycles. The van der Waals surface area contributed by atoms with E-state index in [1.807, 2.05) is 30.3 Å². The maximum atomic E-state index is 11.9. The van der Waals surface area contributed by atoms with Crippen LogP contribution < -0.4 is 5.43 Å². The van der Waals surface area contributed by atoms with E-state index >= 15 is 0 Å². The molecule has 2 heterocycles. The molecule has 3 rings (SSSR count). The molecule has 1 aromatic carbocycles. The number of amides is 1. The van der Waals surface area contributed by atoms with Crippen LogP contribution in [0.15, 0.2) is 35.5 Å². The Labute approximate surface area is 118 Å². The number of rotatable bonds is 3. The number of carboxylic acid groups (broad SMARTS) is 1. The fraction of sp³-hybridized carbons (Fsp3) is 0.167. The van der Waals surface area contributed by atoms with Gasteiger partial charge in [0, 0.05) is 5.56 Å². The third kappa shape index (κ3) is 2.25. The van der Waals surface area contributed by atoms with Gasteiger partial charge in [-0.2, -0.15) is 0 Å². The second-order valence-electron chi connectivity index (χ2n) is 4.19. The number of benzene rings is 1. The molecule has 0 spiro atoms. The highest BCUT2D eigenvalue weighted by atomic mass is 32.2. The van der Waals surface area contributed by atoms with Gasteiger partial charge in [-0.3, -0.25) is 15.0 Å². The maximum absolute atomic E-state index is 11.9. The third-order valence-corrected chi connectivity index (χ3v) is 3.93. The van der Waals surface area contributed by atoms with E-state index < -0.39 is 11.2 Å². The molecule has 0 bridgehead atoms. The highest BCUT2D eigenvalue weighted by Gasteiger charge is 2.32. The predicted octanol–water partition coefficient (Wildman–Crippen LogP) is 0.964. The van der Waals surface area contributed by atoms with Crippen LogP contribution >= 0.6 is 11.8 Å². The summed E-state index contributed by atoms with van der Waals surface area (Å²) in [6.07, 6.45) is -0.246. The van der Waals surface area contributed by atoms with Crippen LogP contribution in [0.3, 0.4) is 0 Å². The smallest absolute Gasteiger partial charge is 0.305 e. The monoisotopic (exact) mass is 290 g/mol. The second kappa shape index (κ2) is 4.97. The van der Waals surface area contributed by atoms with Crippen LogP contribution in [0.25, 0.3) is 11.4 Å². The number of carbonyl (C=O) groups excluding carboxylic acids is 1. The molecule has 20 heavy (non-hydrogen) atoms. The summed E-state index contributed by atoms with van der Waals surface area (Å²) in [4.78, 5) is 22.6. The van der Waals surface area contributed by atoms with Crippen LogP contribution in [-0.4, -0.2) is 37.1 Å². The van der Waals surface area contributed by atoms with Crippen molar-refractivity contribution in [2.45, 2.75) is 16.8 Å². The van der Waals surface area contributed by atoms with Gasteiger partial charge in [0.2, 0.25) is 5.16 Å². The summed E-state index contributed by atoms with van der Waals surface area (Å²) in [5, 5.41) is 16.6. The Morgan fingerprint density at radius 3 is 2.80 bits per heavy atom. The van der Waals surface area contributed by atoms with Crippen molar-refractivity contribution < 1.29 is 14.7 Å². The number of aromatic nitrogens is 3. The van der Waals surface area contributed by atoms with Crippen molar-refractivity contribution in [1.82, 2.24) is 14.9 Å². The molecule has 0 aliphatic carbocycles. The number of nitrogens with zero attached hydrogens (tertiary/aromatic N) is 3. The fourth-order valence-electron chi connectivity index (χ4n) is 1.88. The largest absolute Gasteiger partial charge is 0.481 e. The van der Waals surface area contributed by atoms with Crippen molar-refractivity contribution in [3.8, 4) is 11.4 Å². The average Bonchev–Trinajstić information content (AvgIpc) is 2.82. The Morgan fingerprint density at radius 2 is 2.10 bits per heavy atom. The molecule has 8 heteroatoms. The van der Waals surface area contributed by atoms with Crippen LogP contribution in [0.1, 0.15) is 6.42 Å². The van der Waals surface area contributed by atoms with Crippen LogP contribution in [0.2, 0.25) is 0 Å². The molecular formula is C12H10N4O3S. The van der Waals surface area contributed by atoms with E-state index in [1.165, 1.54) is 4.68 Å². The Morgan fingerprint density at radius 1 is 1.35 bits per heavy atom. The van der Waals surface area contributed by atoms with E-state index in [9.17, 15) is 9.59 Å². The predicted molar refractivity (Wildman–Crippen MR) is 71.7 cm³/mol. The summed E-state index contributed by atoms with van der Waals surface area (Å²) >= 11 is 1.11. The first kappa shape index (κ1) is 12.7. The lowest BCUT2D eigenvalue weighted by Crippen LogP contribution is -2.37. The molecule has 1 unspecified atom stereocenters. The first-order valence-electron chi connectivity index (χ1n) is 5.85. The fourth-order valence-corrected chi connectivity index (χ4v) is 2.84. The van der Waals surface area contributed by atoms with Gasteiger partial charge in [0.1, 0.15) is 5.25 Å². The van der Waals surface area contributed by atoms with E-state index in [2.05, 4.69) is 15.6 Å². The molecule has 0 saturated carbocycles. The zero-order valence-corrected chi connectivity index (χ0v) is 11.0. The van der Waals surface area contributed by atoms with Crippen molar-refractivity contribution in [2.24, 2.45) is 0 Å². The first-order valence-corrected chi connectivity index (χ1v) is 6.73. The minimum Gasteiger partial charge on any atom is -0.481 e. The van der Waals surface area contributed by atoms with E-state index in [0.717, 1.165) is 17.3 Å². The SMILES string of the molecule is O=C(O)CC1Sc2nnc(-c3ccccc3)n2NC1=O. The molecule has 0 radical (unpaired) electrons. The lowest BCUT2D eigenvalue weighted by molar-refractivity contribution is -0.138. The average molecular weight is 290 g/mol. The van der Waals surface area contributed by atoms with Gasteiger partial charge in [-0.15, -0.1) is 10.2 Å². The number of thioether (sulfide) groups is 1. The Balaban J connectivity index is 1.93. The standard InChI is InChI=1S/C12H10N4O3S/c17-9(18)6-8-11(19)15-16-10(13-14-12(16)20-8)7-4-2-1-3-5-7/h1-5,8H,6H2,(H,15,19)(H,17,18). The normalized spacial score (nSPS) is 17.4. The number of nitrogens with one attached hydrogen (secondary N) is 1. The molecule has 1 aromatic heterocycles. The lowest BCUT2D eigenvalue weighted by atomic mass is 10.2. The summed E-state index contributed by atoms with van der Waals surface area (Å²) in [7, 11) is 0. The second-order valence-corrected chi connectivity index (χ2v) is 5.36. The number of hydrogen-bond donors (Lipinski definition) is 2. The minimum atomic E-state index is -1.02. The Kier molecular flexibility index (Phi) is 3.15. The number of fused-ring (bicyclic) bond motifs is 1. The molecular weight excluding hydrogens is 280 g/mol. The number of hydrogen-bond acceptors (Lipinski definition) is 5. The number of aliphatic carboxylic acids is 1. The Hall–Kier alpha value is -2.35. The van der Waals surface area contributed by atoms with Gasteiger partial charge in [0.15, 0.2) is 5.82 Å². The zero-order chi connectivity index (χ0) is 14.1. The minimum absolute atomic E-state index is 0.246. The van der Waals surface area contributed by atoms with Gasteiger partial charge in [0.25, 0.3) is 5.91 Å². The summed E-state index contributed by atoms with van der Waals surface area (Å²) in [5.41, 5.74) is 3.45. The topological polar surface area (TPSA) is 97.1 Å². The summed E-state index contributed by atoms with van der Waals surface area (Å²) in [6.45, 7) is 0. The molecule has 7 nitrogen and oxygen atoms in total. The summed E-state index contributed by atoms with van der Waals surface area (Å²) in [6, 6.07) is 9.33. The van der Waals surface area contributed by atoms with E-state index in [-0.39, 0.29) is 12.3 Å². The van der Waals surface area contributed by atoms with E-state index in [4.69, 9.17) is 5.11 Å². The number of carboxylic acids is 1. The molecule has 2 N–H and O–H groups in total. The number of carbonyl (C=O) groups is 2. The molecule has 102 valence electrons. The highest BCUT2D eigenvalue weighted by molar-refractivity contribution is 8.00. The van der Waals surface area contributed by atoms with Gasteiger partial charge < -0.3 is 5.11 Å². The highest BCUT2D eigenvalue weighted by Crippen LogP contribution is 2.30.